The Hall–Kier alpha value is -1.48. The molecule has 0 bridgehead atoms. The van der Waals surface area contributed by atoms with E-state index in [0.29, 0.717) is 10.6 Å². The number of aromatic nitrogens is 1. The standard InChI is InChI=1S/C12H10N2O3S3/c15-6-11-12(3-4-18-11)20(16,17)14-8-1-2-9-10(5-8)19-7-13-9/h1-5,7,14-15H,6H2. The summed E-state index contributed by atoms with van der Waals surface area (Å²) in [6, 6.07) is 6.67. The normalized spacial score (nSPS) is 11.8. The summed E-state index contributed by atoms with van der Waals surface area (Å²) in [5.41, 5.74) is 3.03. The van der Waals surface area contributed by atoms with Crippen molar-refractivity contribution in [2.45, 2.75) is 11.5 Å². The van der Waals surface area contributed by atoms with Gasteiger partial charge in [-0.1, -0.05) is 0 Å². The lowest BCUT2D eigenvalue weighted by Gasteiger charge is -2.08. The van der Waals surface area contributed by atoms with E-state index in [1.54, 1.807) is 29.1 Å². The zero-order chi connectivity index (χ0) is 14.2. The van der Waals surface area contributed by atoms with Gasteiger partial charge in [-0.25, -0.2) is 13.4 Å². The van der Waals surface area contributed by atoms with Crippen molar-refractivity contribution in [1.29, 1.82) is 0 Å². The van der Waals surface area contributed by atoms with Gasteiger partial charge in [-0.3, -0.25) is 4.72 Å². The molecule has 2 heterocycles. The van der Waals surface area contributed by atoms with Gasteiger partial charge in [-0.05, 0) is 29.6 Å². The number of nitrogens with one attached hydrogen (secondary N) is 1. The Morgan fingerprint density at radius 2 is 2.10 bits per heavy atom. The molecule has 0 saturated carbocycles. The van der Waals surface area contributed by atoms with Crippen LogP contribution in [0.2, 0.25) is 0 Å². The van der Waals surface area contributed by atoms with Gasteiger partial charge in [-0.2, -0.15) is 0 Å². The van der Waals surface area contributed by atoms with Crippen LogP contribution < -0.4 is 4.72 Å². The van der Waals surface area contributed by atoms with Gasteiger partial charge in [0, 0.05) is 0 Å². The fourth-order valence-electron chi connectivity index (χ4n) is 1.81. The predicted molar refractivity (Wildman–Crippen MR) is 80.7 cm³/mol. The zero-order valence-electron chi connectivity index (χ0n) is 10.1. The smallest absolute Gasteiger partial charge is 0.263 e. The van der Waals surface area contributed by atoms with Crippen LogP contribution in [-0.4, -0.2) is 18.5 Å². The molecule has 3 rings (SSSR count). The number of thiophene rings is 1. The van der Waals surface area contributed by atoms with E-state index >= 15 is 0 Å². The zero-order valence-corrected chi connectivity index (χ0v) is 12.6. The van der Waals surface area contributed by atoms with Crippen molar-refractivity contribution in [2.24, 2.45) is 0 Å². The molecule has 104 valence electrons. The fraction of sp³-hybridized carbons (Fsp3) is 0.0833. The summed E-state index contributed by atoms with van der Waals surface area (Å²) in [6.07, 6.45) is 0. The topological polar surface area (TPSA) is 79.3 Å². The number of thiazole rings is 1. The molecule has 3 aromatic rings. The van der Waals surface area contributed by atoms with Crippen LogP contribution in [0.4, 0.5) is 5.69 Å². The Kier molecular flexibility index (Phi) is 3.47. The van der Waals surface area contributed by atoms with Crippen molar-refractivity contribution in [1.82, 2.24) is 4.98 Å². The van der Waals surface area contributed by atoms with E-state index < -0.39 is 10.0 Å². The van der Waals surface area contributed by atoms with Gasteiger partial charge in [0.1, 0.15) is 4.90 Å². The Balaban J connectivity index is 1.96. The van der Waals surface area contributed by atoms with E-state index in [0.717, 1.165) is 10.2 Å². The lowest BCUT2D eigenvalue weighted by atomic mass is 10.3. The van der Waals surface area contributed by atoms with Crippen molar-refractivity contribution in [3.8, 4) is 0 Å². The summed E-state index contributed by atoms with van der Waals surface area (Å²) in [5.74, 6) is 0. The van der Waals surface area contributed by atoms with Gasteiger partial charge < -0.3 is 5.11 Å². The van der Waals surface area contributed by atoms with E-state index in [4.69, 9.17) is 5.11 Å². The molecule has 0 aliphatic heterocycles. The molecule has 0 unspecified atom stereocenters. The monoisotopic (exact) mass is 326 g/mol. The molecule has 8 heteroatoms. The van der Waals surface area contributed by atoms with Gasteiger partial charge in [-0.15, -0.1) is 22.7 Å². The molecular formula is C12H10N2O3S3. The highest BCUT2D eigenvalue weighted by Crippen LogP contribution is 2.26. The highest BCUT2D eigenvalue weighted by Gasteiger charge is 2.19. The van der Waals surface area contributed by atoms with Gasteiger partial charge in [0.2, 0.25) is 0 Å². The minimum atomic E-state index is -3.68. The number of fused-ring (bicyclic) bond motifs is 1. The van der Waals surface area contributed by atoms with Gasteiger partial charge in [0.15, 0.2) is 0 Å². The lowest BCUT2D eigenvalue weighted by molar-refractivity contribution is 0.282. The van der Waals surface area contributed by atoms with Crippen molar-refractivity contribution >= 4 is 48.6 Å². The number of hydrogen-bond donors (Lipinski definition) is 2. The van der Waals surface area contributed by atoms with Crippen LogP contribution in [-0.2, 0) is 16.6 Å². The summed E-state index contributed by atoms with van der Waals surface area (Å²) in [5, 5.41) is 10.8. The van der Waals surface area contributed by atoms with Crippen molar-refractivity contribution in [2.75, 3.05) is 4.72 Å². The molecule has 0 radical (unpaired) electrons. The fourth-order valence-corrected chi connectivity index (χ4v) is 4.87. The molecule has 2 aromatic heterocycles. The molecule has 0 saturated heterocycles. The summed E-state index contributed by atoms with van der Waals surface area (Å²) < 4.78 is 28.0. The highest BCUT2D eigenvalue weighted by molar-refractivity contribution is 7.93. The minimum absolute atomic E-state index is 0.120. The van der Waals surface area contributed by atoms with Crippen LogP contribution in [0, 0.1) is 0 Å². The van der Waals surface area contributed by atoms with Crippen LogP contribution in [0.5, 0.6) is 0 Å². The third kappa shape index (κ3) is 2.42. The molecule has 0 amide bonds. The average Bonchev–Trinajstić information content (AvgIpc) is 3.06. The second-order valence-electron chi connectivity index (χ2n) is 4.01. The summed E-state index contributed by atoms with van der Waals surface area (Å²) in [7, 11) is -3.68. The van der Waals surface area contributed by atoms with Gasteiger partial charge in [0.25, 0.3) is 10.0 Å². The second-order valence-corrected chi connectivity index (χ2v) is 7.54. The Morgan fingerprint density at radius 1 is 1.25 bits per heavy atom. The molecular weight excluding hydrogens is 316 g/mol. The van der Waals surface area contributed by atoms with E-state index in [-0.39, 0.29) is 11.5 Å². The number of sulfonamides is 1. The van der Waals surface area contributed by atoms with E-state index in [2.05, 4.69) is 9.71 Å². The van der Waals surface area contributed by atoms with E-state index in [9.17, 15) is 8.42 Å². The largest absolute Gasteiger partial charge is 0.391 e. The third-order valence-corrected chi connectivity index (χ3v) is 6.01. The van der Waals surface area contributed by atoms with Crippen molar-refractivity contribution in [3.63, 3.8) is 0 Å². The maximum atomic E-state index is 12.3. The number of hydrogen-bond acceptors (Lipinski definition) is 6. The molecule has 5 nitrogen and oxygen atoms in total. The van der Waals surface area contributed by atoms with Crippen LogP contribution in [0.1, 0.15) is 4.88 Å². The maximum Gasteiger partial charge on any atom is 0.263 e. The van der Waals surface area contributed by atoms with Crippen molar-refractivity contribution < 1.29 is 13.5 Å². The summed E-state index contributed by atoms with van der Waals surface area (Å²) in [6.45, 7) is -0.290. The predicted octanol–water partition coefficient (Wildman–Crippen LogP) is 2.65. The first kappa shape index (κ1) is 13.5. The lowest BCUT2D eigenvalue weighted by Crippen LogP contribution is -2.13. The summed E-state index contributed by atoms with van der Waals surface area (Å²) >= 11 is 2.66. The van der Waals surface area contributed by atoms with Crippen LogP contribution in [0.15, 0.2) is 40.1 Å². The van der Waals surface area contributed by atoms with E-state index in [1.165, 1.54) is 28.7 Å². The highest BCUT2D eigenvalue weighted by atomic mass is 32.2. The number of rotatable bonds is 4. The Labute approximate surface area is 123 Å². The number of anilines is 1. The molecule has 0 aliphatic rings. The Bertz CT molecular complexity index is 852. The van der Waals surface area contributed by atoms with Crippen LogP contribution >= 0.6 is 22.7 Å². The average molecular weight is 326 g/mol. The number of nitrogens with zero attached hydrogens (tertiary/aromatic N) is 1. The first-order valence-corrected chi connectivity index (χ1v) is 8.88. The van der Waals surface area contributed by atoms with Crippen molar-refractivity contribution in [3.05, 3.63) is 40.0 Å². The second kappa shape index (κ2) is 5.13. The maximum absolute atomic E-state index is 12.3. The number of benzene rings is 1. The quantitative estimate of drug-likeness (QED) is 0.772. The molecule has 0 fully saturated rings. The summed E-state index contributed by atoms with van der Waals surface area (Å²) in [4.78, 5) is 4.69. The third-order valence-electron chi connectivity index (χ3n) is 2.72. The molecule has 0 aliphatic carbocycles. The molecule has 2 N–H and O–H groups in total. The minimum Gasteiger partial charge on any atom is -0.391 e. The molecule has 0 spiro atoms. The van der Waals surface area contributed by atoms with E-state index in [1.807, 2.05) is 0 Å². The van der Waals surface area contributed by atoms with Crippen LogP contribution in [0.25, 0.3) is 10.2 Å². The molecule has 1 aromatic carbocycles. The van der Waals surface area contributed by atoms with Gasteiger partial charge in [0.05, 0.1) is 32.9 Å². The first-order valence-electron chi connectivity index (χ1n) is 5.63. The van der Waals surface area contributed by atoms with Gasteiger partial charge >= 0.3 is 0 Å². The molecule has 20 heavy (non-hydrogen) atoms. The Morgan fingerprint density at radius 3 is 2.90 bits per heavy atom. The molecule has 0 atom stereocenters. The first-order chi connectivity index (χ1) is 9.60. The van der Waals surface area contributed by atoms with Crippen LogP contribution in [0.3, 0.4) is 0 Å². The number of aliphatic hydroxyl groups excluding tert-OH is 1. The SMILES string of the molecule is O=S(=O)(Nc1ccc2ncsc2c1)c1ccsc1CO. The number of aliphatic hydroxyl groups is 1.